The van der Waals surface area contributed by atoms with E-state index in [1.165, 1.54) is 0 Å². The minimum atomic E-state index is 0.0919. The van der Waals surface area contributed by atoms with Crippen molar-refractivity contribution in [3.05, 3.63) is 0 Å². The highest BCUT2D eigenvalue weighted by Gasteiger charge is 2.27. The van der Waals surface area contributed by atoms with E-state index < -0.39 is 0 Å². The molecule has 0 aromatic rings. The zero-order valence-electron chi connectivity index (χ0n) is 8.34. The largest absolute Gasteiger partial charge is 0.325 e. The van der Waals surface area contributed by atoms with Crippen LogP contribution in [0.15, 0.2) is 0 Å². The molecule has 1 aliphatic rings. The van der Waals surface area contributed by atoms with Gasteiger partial charge in [-0.25, -0.2) is 0 Å². The Kier molecular flexibility index (Phi) is 3.44. The molecule has 1 rings (SSSR count). The van der Waals surface area contributed by atoms with Gasteiger partial charge in [-0.15, -0.1) is 11.8 Å². The highest BCUT2D eigenvalue weighted by Crippen LogP contribution is 2.23. The number of thioether (sulfide) groups is 1. The van der Waals surface area contributed by atoms with E-state index in [9.17, 15) is 0 Å². The van der Waals surface area contributed by atoms with E-state index in [0.29, 0.717) is 5.37 Å². The first-order chi connectivity index (χ1) is 5.55. The molecule has 0 spiro atoms. The first-order valence-corrected chi connectivity index (χ1v) is 5.90. The van der Waals surface area contributed by atoms with Gasteiger partial charge in [-0.05, 0) is 32.9 Å². The van der Waals surface area contributed by atoms with Crippen LogP contribution >= 0.6 is 11.8 Å². The second-order valence-corrected chi connectivity index (χ2v) is 5.18. The number of piperidine rings is 1. The lowest BCUT2D eigenvalue weighted by molar-refractivity contribution is 0.167. The van der Waals surface area contributed by atoms with Crippen molar-refractivity contribution < 1.29 is 0 Å². The summed E-state index contributed by atoms with van der Waals surface area (Å²) in [4.78, 5) is 2.51. The van der Waals surface area contributed by atoms with Crippen molar-refractivity contribution in [1.29, 1.82) is 0 Å². The molecule has 0 radical (unpaired) electrons. The van der Waals surface area contributed by atoms with E-state index in [-0.39, 0.29) is 5.54 Å². The monoisotopic (exact) mass is 188 g/mol. The third-order valence-corrected chi connectivity index (χ3v) is 3.78. The Labute approximate surface area is 79.9 Å². The van der Waals surface area contributed by atoms with Crippen molar-refractivity contribution >= 4 is 11.8 Å². The fourth-order valence-corrected chi connectivity index (χ4v) is 2.06. The van der Waals surface area contributed by atoms with Crippen LogP contribution in [0.1, 0.15) is 26.7 Å². The maximum Gasteiger partial charge on any atom is 0.0525 e. The molecular weight excluding hydrogens is 168 g/mol. The highest BCUT2D eigenvalue weighted by molar-refractivity contribution is 7.99. The van der Waals surface area contributed by atoms with Crippen LogP contribution in [0.5, 0.6) is 0 Å². The molecule has 0 bridgehead atoms. The van der Waals surface area contributed by atoms with Crippen LogP contribution in [0.3, 0.4) is 0 Å². The molecule has 1 fully saturated rings. The van der Waals surface area contributed by atoms with Crippen molar-refractivity contribution in [2.45, 2.75) is 37.6 Å². The molecule has 2 N–H and O–H groups in total. The predicted molar refractivity (Wildman–Crippen MR) is 56.4 cm³/mol. The average molecular weight is 188 g/mol. The molecule has 0 aromatic carbocycles. The van der Waals surface area contributed by atoms with Crippen LogP contribution in [-0.2, 0) is 0 Å². The summed E-state index contributed by atoms with van der Waals surface area (Å²) in [7, 11) is 0. The van der Waals surface area contributed by atoms with Gasteiger partial charge in [0.25, 0.3) is 0 Å². The molecule has 1 saturated heterocycles. The van der Waals surface area contributed by atoms with Gasteiger partial charge in [-0.1, -0.05) is 0 Å². The molecule has 2 nitrogen and oxygen atoms in total. The number of nitrogens with zero attached hydrogens (tertiary/aromatic N) is 1. The highest BCUT2D eigenvalue weighted by atomic mass is 32.2. The van der Waals surface area contributed by atoms with Gasteiger partial charge >= 0.3 is 0 Å². The van der Waals surface area contributed by atoms with Crippen molar-refractivity contribution in [1.82, 2.24) is 4.90 Å². The fourth-order valence-electron chi connectivity index (χ4n) is 1.55. The van der Waals surface area contributed by atoms with Gasteiger partial charge < -0.3 is 5.73 Å². The third kappa shape index (κ3) is 2.64. The number of rotatable bonds is 2. The van der Waals surface area contributed by atoms with Crippen LogP contribution in [0.25, 0.3) is 0 Å². The maximum atomic E-state index is 6.05. The molecule has 3 heteroatoms. The number of likely N-dealkylation sites (tertiary alicyclic amines) is 1. The summed E-state index contributed by atoms with van der Waals surface area (Å²) in [5.74, 6) is 0. The van der Waals surface area contributed by atoms with Crippen LogP contribution in [0, 0.1) is 0 Å². The summed E-state index contributed by atoms with van der Waals surface area (Å²) in [6, 6.07) is 0. The lowest BCUT2D eigenvalue weighted by Gasteiger charge is -2.39. The van der Waals surface area contributed by atoms with E-state index in [2.05, 4.69) is 25.0 Å². The third-order valence-electron chi connectivity index (χ3n) is 2.80. The van der Waals surface area contributed by atoms with Crippen LogP contribution in [0.2, 0.25) is 0 Å². The molecule has 0 aliphatic carbocycles. The SMILES string of the molecule is CSC(C)N1CCC(C)(N)CC1. The average Bonchev–Trinajstić information content (AvgIpc) is 2.03. The molecule has 0 aromatic heterocycles. The minimum Gasteiger partial charge on any atom is -0.325 e. The van der Waals surface area contributed by atoms with Crippen molar-refractivity contribution in [3.63, 3.8) is 0 Å². The summed E-state index contributed by atoms with van der Waals surface area (Å²) in [5, 5.41) is 0.654. The van der Waals surface area contributed by atoms with Gasteiger partial charge in [-0.3, -0.25) is 4.90 Å². The standard InChI is InChI=1S/C9H20N2S/c1-8(12-3)11-6-4-9(2,10)5-7-11/h8H,4-7,10H2,1-3H3. The molecule has 1 aliphatic heterocycles. The molecule has 1 heterocycles. The van der Waals surface area contributed by atoms with Crippen LogP contribution in [-0.4, -0.2) is 35.2 Å². The molecular formula is C9H20N2S. The molecule has 1 atom stereocenters. The molecule has 0 saturated carbocycles. The quantitative estimate of drug-likeness (QED) is 0.712. The summed E-state index contributed by atoms with van der Waals surface area (Å²) in [6.45, 7) is 6.75. The minimum absolute atomic E-state index is 0.0919. The summed E-state index contributed by atoms with van der Waals surface area (Å²) in [5.41, 5.74) is 6.14. The van der Waals surface area contributed by atoms with Crippen LogP contribution < -0.4 is 5.73 Å². The van der Waals surface area contributed by atoms with E-state index in [0.717, 1.165) is 25.9 Å². The van der Waals surface area contributed by atoms with E-state index in [4.69, 9.17) is 5.73 Å². The first kappa shape index (κ1) is 10.4. The van der Waals surface area contributed by atoms with Gasteiger partial charge in [0.15, 0.2) is 0 Å². The number of hydrogen-bond acceptors (Lipinski definition) is 3. The Bertz CT molecular complexity index is 137. The van der Waals surface area contributed by atoms with Gasteiger partial charge in [0.05, 0.1) is 5.37 Å². The maximum absolute atomic E-state index is 6.05. The summed E-state index contributed by atoms with van der Waals surface area (Å²) < 4.78 is 0. The van der Waals surface area contributed by atoms with Gasteiger partial charge in [-0.2, -0.15) is 0 Å². The van der Waals surface area contributed by atoms with Crippen molar-refractivity contribution in [2.24, 2.45) is 5.73 Å². The fraction of sp³-hybridized carbons (Fsp3) is 1.00. The van der Waals surface area contributed by atoms with Crippen molar-refractivity contribution in [2.75, 3.05) is 19.3 Å². The van der Waals surface area contributed by atoms with E-state index >= 15 is 0 Å². The second kappa shape index (κ2) is 3.99. The number of nitrogens with two attached hydrogens (primary N) is 1. The normalized spacial score (nSPS) is 27.0. The number of hydrogen-bond donors (Lipinski definition) is 1. The lowest BCUT2D eigenvalue weighted by atomic mass is 9.91. The summed E-state index contributed by atoms with van der Waals surface area (Å²) >= 11 is 1.92. The second-order valence-electron chi connectivity index (χ2n) is 4.03. The molecule has 12 heavy (non-hydrogen) atoms. The topological polar surface area (TPSA) is 29.3 Å². The summed E-state index contributed by atoms with van der Waals surface area (Å²) in [6.07, 6.45) is 4.44. The smallest absolute Gasteiger partial charge is 0.0525 e. The molecule has 72 valence electrons. The van der Waals surface area contributed by atoms with Crippen LogP contribution in [0.4, 0.5) is 0 Å². The molecule has 1 unspecified atom stereocenters. The Hall–Kier alpha value is 0.270. The predicted octanol–water partition coefficient (Wildman–Crippen LogP) is 1.51. The van der Waals surface area contributed by atoms with E-state index in [1.807, 2.05) is 11.8 Å². The first-order valence-electron chi connectivity index (χ1n) is 4.61. The van der Waals surface area contributed by atoms with Gasteiger partial charge in [0.1, 0.15) is 0 Å². The van der Waals surface area contributed by atoms with Gasteiger partial charge in [0.2, 0.25) is 0 Å². The Balaban J connectivity index is 2.36. The Morgan fingerprint density at radius 1 is 1.42 bits per heavy atom. The zero-order chi connectivity index (χ0) is 9.19. The molecule has 0 amide bonds. The zero-order valence-corrected chi connectivity index (χ0v) is 9.16. The Morgan fingerprint density at radius 3 is 2.33 bits per heavy atom. The van der Waals surface area contributed by atoms with Gasteiger partial charge in [0, 0.05) is 18.6 Å². The lowest BCUT2D eigenvalue weighted by Crippen LogP contribution is -2.49. The van der Waals surface area contributed by atoms with Crippen molar-refractivity contribution in [3.8, 4) is 0 Å². The Morgan fingerprint density at radius 2 is 1.92 bits per heavy atom. The van der Waals surface area contributed by atoms with E-state index in [1.54, 1.807) is 0 Å².